The molecule has 2 N–H and O–H groups in total. The molecule has 2 saturated heterocycles. The lowest BCUT2D eigenvalue weighted by atomic mass is 9.45. The molecule has 0 saturated carbocycles. The Labute approximate surface area is 166 Å². The maximum atomic E-state index is 14.1. The SMILES string of the molecule is CC(C)(C)C1(C(C)(C)C)CCN(C(=O)O)[C@]12C=C[C@@H]1CC[C@@H](C(=O)O)N1C2=O. The van der Waals surface area contributed by atoms with Crippen LogP contribution in [0, 0.1) is 16.2 Å². The smallest absolute Gasteiger partial charge is 0.408 e. The zero-order chi connectivity index (χ0) is 21.3. The number of hydrogen-bond acceptors (Lipinski definition) is 3. The lowest BCUT2D eigenvalue weighted by molar-refractivity contribution is -0.168. The molecule has 3 atom stereocenters. The van der Waals surface area contributed by atoms with E-state index in [0.29, 0.717) is 19.3 Å². The van der Waals surface area contributed by atoms with Gasteiger partial charge < -0.3 is 15.1 Å². The van der Waals surface area contributed by atoms with E-state index in [1.54, 1.807) is 6.08 Å². The van der Waals surface area contributed by atoms with Gasteiger partial charge in [-0.2, -0.15) is 0 Å². The monoisotopic (exact) mass is 392 g/mol. The van der Waals surface area contributed by atoms with Gasteiger partial charge >= 0.3 is 12.1 Å². The molecule has 3 heterocycles. The molecule has 0 aromatic heterocycles. The van der Waals surface area contributed by atoms with E-state index in [0.717, 1.165) is 0 Å². The third kappa shape index (κ3) is 2.31. The minimum Gasteiger partial charge on any atom is -0.480 e. The number of carbonyl (C=O) groups is 3. The quantitative estimate of drug-likeness (QED) is 0.668. The van der Waals surface area contributed by atoms with Gasteiger partial charge in [-0.15, -0.1) is 0 Å². The van der Waals surface area contributed by atoms with Gasteiger partial charge in [0.15, 0.2) is 0 Å². The largest absolute Gasteiger partial charge is 0.480 e. The Kier molecular flexibility index (Phi) is 4.41. The highest BCUT2D eigenvalue weighted by Crippen LogP contribution is 2.66. The molecule has 0 bridgehead atoms. The number of carbonyl (C=O) groups excluding carboxylic acids is 1. The van der Waals surface area contributed by atoms with Gasteiger partial charge in [-0.25, -0.2) is 9.59 Å². The lowest BCUT2D eigenvalue weighted by Gasteiger charge is -2.61. The first kappa shape index (κ1) is 20.7. The molecule has 3 aliphatic heterocycles. The summed E-state index contributed by atoms with van der Waals surface area (Å²) in [5.41, 5.74) is -2.92. The average molecular weight is 392 g/mol. The minimum atomic E-state index is -1.41. The van der Waals surface area contributed by atoms with E-state index < -0.39 is 39.9 Å². The molecule has 2 amide bonds. The van der Waals surface area contributed by atoms with Crippen LogP contribution in [0.1, 0.15) is 60.8 Å². The Morgan fingerprint density at radius 2 is 1.64 bits per heavy atom. The highest BCUT2D eigenvalue weighted by Gasteiger charge is 2.74. The topological polar surface area (TPSA) is 98.2 Å². The molecule has 3 rings (SSSR count). The van der Waals surface area contributed by atoms with E-state index >= 15 is 0 Å². The van der Waals surface area contributed by atoms with Crippen LogP contribution >= 0.6 is 0 Å². The molecule has 0 radical (unpaired) electrons. The van der Waals surface area contributed by atoms with Crippen molar-refractivity contribution in [2.24, 2.45) is 16.2 Å². The predicted octanol–water partition coefficient (Wildman–Crippen LogP) is 3.20. The van der Waals surface area contributed by atoms with Crippen molar-refractivity contribution in [2.45, 2.75) is 78.4 Å². The average Bonchev–Trinajstić information content (AvgIpc) is 3.10. The molecule has 7 nitrogen and oxygen atoms in total. The third-order valence-corrected chi connectivity index (χ3v) is 7.41. The van der Waals surface area contributed by atoms with E-state index in [4.69, 9.17) is 0 Å². The Morgan fingerprint density at radius 1 is 1.07 bits per heavy atom. The summed E-state index contributed by atoms with van der Waals surface area (Å²) < 4.78 is 0. The highest BCUT2D eigenvalue weighted by atomic mass is 16.4. The number of hydrogen-bond donors (Lipinski definition) is 2. The second-order valence-corrected chi connectivity index (χ2v) is 10.4. The molecular weight excluding hydrogens is 360 g/mol. The van der Waals surface area contributed by atoms with E-state index in [-0.39, 0.29) is 18.5 Å². The van der Waals surface area contributed by atoms with Crippen molar-refractivity contribution in [3.8, 4) is 0 Å². The number of amides is 2. The van der Waals surface area contributed by atoms with Gasteiger partial charge in [0.25, 0.3) is 5.91 Å². The van der Waals surface area contributed by atoms with Gasteiger partial charge in [-0.3, -0.25) is 9.69 Å². The summed E-state index contributed by atoms with van der Waals surface area (Å²) in [4.78, 5) is 40.9. The fourth-order valence-corrected chi connectivity index (χ4v) is 6.75. The second-order valence-electron chi connectivity index (χ2n) is 10.4. The summed E-state index contributed by atoms with van der Waals surface area (Å²) in [6, 6.07) is -1.19. The van der Waals surface area contributed by atoms with E-state index in [9.17, 15) is 24.6 Å². The van der Waals surface area contributed by atoms with Gasteiger partial charge in [-0.05, 0) is 30.1 Å². The van der Waals surface area contributed by atoms with Crippen LogP contribution in [0.2, 0.25) is 0 Å². The van der Waals surface area contributed by atoms with Crippen LogP contribution in [-0.2, 0) is 9.59 Å². The van der Waals surface area contributed by atoms with Gasteiger partial charge in [0.05, 0.1) is 6.04 Å². The third-order valence-electron chi connectivity index (χ3n) is 7.41. The summed E-state index contributed by atoms with van der Waals surface area (Å²) in [6.45, 7) is 12.6. The zero-order valence-electron chi connectivity index (χ0n) is 17.7. The molecule has 156 valence electrons. The molecule has 0 aromatic carbocycles. The highest BCUT2D eigenvalue weighted by molar-refractivity contribution is 5.98. The summed E-state index contributed by atoms with van der Waals surface area (Å²) in [7, 11) is 0. The zero-order valence-corrected chi connectivity index (χ0v) is 17.7. The molecule has 3 aliphatic rings. The Hall–Kier alpha value is -2.05. The molecule has 1 spiro atoms. The predicted molar refractivity (Wildman–Crippen MR) is 104 cm³/mol. The van der Waals surface area contributed by atoms with Crippen molar-refractivity contribution in [1.29, 1.82) is 0 Å². The molecule has 0 unspecified atom stereocenters. The standard InChI is InChI=1S/C21H32N2O5/c1-18(2,3)21(19(4,5)6)11-12-22(17(27)28)20(21)10-9-13-7-8-14(15(24)25)23(13)16(20)26/h9-10,13-14H,7-8,11-12H2,1-6H3,(H,24,25)(H,27,28)/t13-,14-,20-/m0/s1. The number of carboxylic acids is 1. The van der Waals surface area contributed by atoms with E-state index in [2.05, 4.69) is 41.5 Å². The Bertz CT molecular complexity index is 731. The maximum absolute atomic E-state index is 14.1. The number of rotatable bonds is 1. The first-order chi connectivity index (χ1) is 12.7. The maximum Gasteiger partial charge on any atom is 0.408 e. The first-order valence-electron chi connectivity index (χ1n) is 9.98. The second kappa shape index (κ2) is 5.97. The lowest BCUT2D eigenvalue weighted by Crippen LogP contribution is -2.72. The number of likely N-dealkylation sites (tertiary alicyclic amines) is 1. The van der Waals surface area contributed by atoms with Gasteiger partial charge in [0.2, 0.25) is 0 Å². The molecular formula is C21H32N2O5. The van der Waals surface area contributed by atoms with Crippen molar-refractivity contribution >= 4 is 18.0 Å². The Morgan fingerprint density at radius 3 is 2.11 bits per heavy atom. The van der Waals surface area contributed by atoms with Crippen molar-refractivity contribution in [2.75, 3.05) is 6.54 Å². The summed E-state index contributed by atoms with van der Waals surface area (Å²) >= 11 is 0. The molecule has 0 aliphatic carbocycles. The number of fused-ring (bicyclic) bond motifs is 1. The molecule has 7 heteroatoms. The van der Waals surface area contributed by atoms with Gasteiger partial charge in [0.1, 0.15) is 11.6 Å². The van der Waals surface area contributed by atoms with E-state index in [1.807, 2.05) is 6.08 Å². The molecule has 0 aromatic rings. The minimum absolute atomic E-state index is 0.246. The van der Waals surface area contributed by atoms with Crippen molar-refractivity contribution in [1.82, 2.24) is 9.80 Å². The van der Waals surface area contributed by atoms with Crippen molar-refractivity contribution in [3.63, 3.8) is 0 Å². The van der Waals surface area contributed by atoms with Gasteiger partial charge in [0, 0.05) is 12.0 Å². The first-order valence-corrected chi connectivity index (χ1v) is 9.98. The number of nitrogens with zero attached hydrogens (tertiary/aromatic N) is 2. The number of carboxylic acid groups (broad SMARTS) is 2. The fraction of sp³-hybridized carbons (Fsp3) is 0.762. The van der Waals surface area contributed by atoms with Crippen LogP contribution in [0.15, 0.2) is 12.2 Å². The van der Waals surface area contributed by atoms with E-state index in [1.165, 1.54) is 9.80 Å². The summed E-state index contributed by atoms with van der Waals surface area (Å²) in [6.07, 6.45) is 4.03. The van der Waals surface area contributed by atoms with Crippen LogP contribution in [0.5, 0.6) is 0 Å². The normalized spacial score (nSPS) is 32.1. The summed E-state index contributed by atoms with van der Waals surface area (Å²) in [5, 5.41) is 19.7. The van der Waals surface area contributed by atoms with Crippen LogP contribution in [0.4, 0.5) is 4.79 Å². The van der Waals surface area contributed by atoms with Crippen LogP contribution in [0.25, 0.3) is 0 Å². The number of aliphatic carboxylic acids is 1. The van der Waals surface area contributed by atoms with Crippen molar-refractivity contribution < 1.29 is 24.6 Å². The Balaban J connectivity index is 2.32. The summed E-state index contributed by atoms with van der Waals surface area (Å²) in [5.74, 6) is -1.41. The molecule has 28 heavy (non-hydrogen) atoms. The molecule has 2 fully saturated rings. The fourth-order valence-electron chi connectivity index (χ4n) is 6.75. The van der Waals surface area contributed by atoms with Crippen LogP contribution in [-0.4, -0.2) is 62.1 Å². The van der Waals surface area contributed by atoms with Crippen molar-refractivity contribution in [3.05, 3.63) is 12.2 Å². The van der Waals surface area contributed by atoms with Crippen LogP contribution in [0.3, 0.4) is 0 Å². The van der Waals surface area contributed by atoms with Crippen LogP contribution < -0.4 is 0 Å². The van der Waals surface area contributed by atoms with Gasteiger partial charge in [-0.1, -0.05) is 53.7 Å².